The molecule has 1 N–H and O–H groups in total. The number of fused-ring (bicyclic) bond motifs is 1. The van der Waals surface area contributed by atoms with Crippen molar-refractivity contribution in [1.29, 1.82) is 0 Å². The second kappa shape index (κ2) is 11.1. The molecule has 0 saturated carbocycles. The van der Waals surface area contributed by atoms with Crippen LogP contribution in [-0.4, -0.2) is 46.9 Å². The maximum atomic E-state index is 13.3. The summed E-state index contributed by atoms with van der Waals surface area (Å²) in [5.41, 5.74) is 2.09. The van der Waals surface area contributed by atoms with E-state index in [2.05, 4.69) is 17.1 Å². The van der Waals surface area contributed by atoms with Gasteiger partial charge < -0.3 is 5.32 Å². The number of nitrogens with one attached hydrogen (secondary N) is 1. The Hall–Kier alpha value is -2.21. The van der Waals surface area contributed by atoms with Crippen LogP contribution >= 0.6 is 11.6 Å². The minimum atomic E-state index is 0.0134. The lowest BCUT2D eigenvalue weighted by Gasteiger charge is -2.25. The Labute approximate surface area is 195 Å². The Morgan fingerprint density at radius 1 is 1.09 bits per heavy atom. The summed E-state index contributed by atoms with van der Waals surface area (Å²) in [6, 6.07) is 16.1. The van der Waals surface area contributed by atoms with Crippen LogP contribution in [0.3, 0.4) is 0 Å². The van der Waals surface area contributed by atoms with E-state index in [1.807, 2.05) is 48.5 Å². The van der Waals surface area contributed by atoms with Gasteiger partial charge in [-0.2, -0.15) is 5.10 Å². The van der Waals surface area contributed by atoms with Crippen LogP contribution in [0.2, 0.25) is 5.02 Å². The van der Waals surface area contributed by atoms with Crippen LogP contribution in [0.15, 0.2) is 53.3 Å². The van der Waals surface area contributed by atoms with E-state index in [0.29, 0.717) is 19.0 Å². The van der Waals surface area contributed by atoms with Crippen LogP contribution in [-0.2, 0) is 13.0 Å². The Balaban J connectivity index is 1.55. The summed E-state index contributed by atoms with van der Waals surface area (Å²) in [5.74, 6) is 0. The third kappa shape index (κ3) is 5.58. The molecule has 0 spiro atoms. The van der Waals surface area contributed by atoms with Crippen molar-refractivity contribution in [3.05, 3.63) is 75.2 Å². The van der Waals surface area contributed by atoms with Gasteiger partial charge in [0, 0.05) is 22.9 Å². The molecule has 170 valence electrons. The quantitative estimate of drug-likeness (QED) is 0.460. The molecule has 0 radical (unpaired) electrons. The maximum absolute atomic E-state index is 13.3. The van der Waals surface area contributed by atoms with E-state index < -0.39 is 0 Å². The predicted octanol–water partition coefficient (Wildman–Crippen LogP) is 4.49. The van der Waals surface area contributed by atoms with Gasteiger partial charge >= 0.3 is 0 Å². The molecule has 1 fully saturated rings. The van der Waals surface area contributed by atoms with Crippen molar-refractivity contribution in [2.75, 3.05) is 26.2 Å². The number of nitrogens with zero attached hydrogens (tertiary/aromatic N) is 3. The molecule has 1 atom stereocenters. The number of unbranched alkanes of at least 4 members (excludes halogenated alkanes) is 1. The van der Waals surface area contributed by atoms with Crippen LogP contribution in [0.4, 0.5) is 0 Å². The summed E-state index contributed by atoms with van der Waals surface area (Å²) in [5, 5.41) is 10.7. The van der Waals surface area contributed by atoms with Gasteiger partial charge in [0.25, 0.3) is 5.56 Å². The minimum Gasteiger partial charge on any atom is -0.317 e. The zero-order valence-electron chi connectivity index (χ0n) is 18.9. The van der Waals surface area contributed by atoms with Gasteiger partial charge in [0.15, 0.2) is 0 Å². The fourth-order valence-electron chi connectivity index (χ4n) is 4.69. The molecule has 32 heavy (non-hydrogen) atoms. The Morgan fingerprint density at radius 2 is 1.88 bits per heavy atom. The summed E-state index contributed by atoms with van der Waals surface area (Å²) in [4.78, 5) is 15.8. The van der Waals surface area contributed by atoms with Crippen molar-refractivity contribution in [2.24, 2.45) is 0 Å². The van der Waals surface area contributed by atoms with Crippen molar-refractivity contribution in [1.82, 2.24) is 20.0 Å². The van der Waals surface area contributed by atoms with Gasteiger partial charge in [0.1, 0.15) is 0 Å². The zero-order valence-corrected chi connectivity index (χ0v) is 19.7. The number of likely N-dealkylation sites (tertiary alicyclic amines) is 1. The van der Waals surface area contributed by atoms with Crippen LogP contribution in [0.5, 0.6) is 0 Å². The van der Waals surface area contributed by atoms with Crippen molar-refractivity contribution in [3.63, 3.8) is 0 Å². The van der Waals surface area contributed by atoms with E-state index in [9.17, 15) is 4.79 Å². The van der Waals surface area contributed by atoms with E-state index in [0.717, 1.165) is 59.7 Å². The van der Waals surface area contributed by atoms with Crippen LogP contribution in [0.1, 0.15) is 43.9 Å². The second-order valence-electron chi connectivity index (χ2n) is 8.68. The van der Waals surface area contributed by atoms with Crippen molar-refractivity contribution in [2.45, 2.75) is 51.6 Å². The molecule has 1 aliphatic heterocycles. The summed E-state index contributed by atoms with van der Waals surface area (Å²) >= 11 is 6.06. The normalized spacial score (nSPS) is 16.8. The number of aromatic nitrogens is 2. The average molecular weight is 453 g/mol. The van der Waals surface area contributed by atoms with E-state index >= 15 is 0 Å². The molecule has 6 heteroatoms. The van der Waals surface area contributed by atoms with Crippen molar-refractivity contribution in [3.8, 4) is 0 Å². The van der Waals surface area contributed by atoms with Gasteiger partial charge in [-0.1, -0.05) is 48.9 Å². The number of hydrogen-bond donors (Lipinski definition) is 1. The summed E-state index contributed by atoms with van der Waals surface area (Å²) in [6.07, 6.45) is 5.37. The first kappa shape index (κ1) is 23.0. The highest BCUT2D eigenvalue weighted by Crippen LogP contribution is 2.21. The molecule has 0 bridgehead atoms. The average Bonchev–Trinajstić information content (AvgIpc) is 3.25. The lowest BCUT2D eigenvalue weighted by molar-refractivity contribution is 0.220. The number of hydrogen-bond acceptors (Lipinski definition) is 4. The first-order valence-electron chi connectivity index (χ1n) is 11.8. The fourth-order valence-corrected chi connectivity index (χ4v) is 4.82. The van der Waals surface area contributed by atoms with E-state index in [-0.39, 0.29) is 5.56 Å². The smallest absolute Gasteiger partial charge is 0.274 e. The van der Waals surface area contributed by atoms with Gasteiger partial charge in [-0.15, -0.1) is 0 Å². The lowest BCUT2D eigenvalue weighted by atomic mass is 10.0. The van der Waals surface area contributed by atoms with Gasteiger partial charge in [-0.05, 0) is 75.6 Å². The van der Waals surface area contributed by atoms with Crippen LogP contribution < -0.4 is 10.9 Å². The van der Waals surface area contributed by atoms with Crippen molar-refractivity contribution < 1.29 is 0 Å². The molecular weight excluding hydrogens is 420 g/mol. The molecule has 2 heterocycles. The molecule has 1 saturated heterocycles. The van der Waals surface area contributed by atoms with Crippen LogP contribution in [0.25, 0.3) is 10.8 Å². The predicted molar refractivity (Wildman–Crippen MR) is 133 cm³/mol. The largest absolute Gasteiger partial charge is 0.317 e. The Kier molecular flexibility index (Phi) is 7.95. The molecule has 0 unspecified atom stereocenters. The highest BCUT2D eigenvalue weighted by molar-refractivity contribution is 6.30. The first-order chi connectivity index (χ1) is 15.7. The molecule has 3 aromatic rings. The van der Waals surface area contributed by atoms with E-state index in [1.165, 1.54) is 19.3 Å². The van der Waals surface area contributed by atoms with Gasteiger partial charge in [-0.3, -0.25) is 9.69 Å². The Bertz CT molecular complexity index is 1080. The first-order valence-corrected chi connectivity index (χ1v) is 12.2. The van der Waals surface area contributed by atoms with E-state index in [1.54, 1.807) is 4.68 Å². The lowest BCUT2D eigenvalue weighted by Crippen LogP contribution is -2.38. The molecule has 5 nitrogen and oxygen atoms in total. The van der Waals surface area contributed by atoms with Gasteiger partial charge in [0.2, 0.25) is 0 Å². The molecule has 0 aliphatic carbocycles. The molecule has 1 aromatic heterocycles. The second-order valence-corrected chi connectivity index (χ2v) is 9.11. The molecule has 0 amide bonds. The third-order valence-corrected chi connectivity index (χ3v) is 6.66. The van der Waals surface area contributed by atoms with Crippen LogP contribution in [0, 0.1) is 0 Å². The standard InChI is InChI=1S/C26H33ClN4O/c1-2-28-15-5-6-16-30-17-7-8-22(30)19-31-26(32)24-10-4-3-9-23(24)25(29-31)18-20-11-13-21(27)14-12-20/h3-4,9-14,22,28H,2,5-8,15-19H2,1H3/t22-/m1/s1. The molecule has 4 rings (SSSR count). The Morgan fingerprint density at radius 3 is 2.66 bits per heavy atom. The van der Waals surface area contributed by atoms with Gasteiger partial charge in [0.05, 0.1) is 17.6 Å². The highest BCUT2D eigenvalue weighted by atomic mass is 35.5. The highest BCUT2D eigenvalue weighted by Gasteiger charge is 2.25. The van der Waals surface area contributed by atoms with Crippen molar-refractivity contribution >= 4 is 22.4 Å². The zero-order chi connectivity index (χ0) is 22.3. The van der Waals surface area contributed by atoms with Gasteiger partial charge in [-0.25, -0.2) is 4.68 Å². The maximum Gasteiger partial charge on any atom is 0.274 e. The molecule has 2 aromatic carbocycles. The summed E-state index contributed by atoms with van der Waals surface area (Å²) in [7, 11) is 0. The third-order valence-electron chi connectivity index (χ3n) is 6.41. The number of benzene rings is 2. The monoisotopic (exact) mass is 452 g/mol. The summed E-state index contributed by atoms with van der Waals surface area (Å²) < 4.78 is 1.72. The number of rotatable bonds is 10. The fraction of sp³-hybridized carbons (Fsp3) is 0.462. The van der Waals surface area contributed by atoms with E-state index in [4.69, 9.17) is 16.7 Å². The summed E-state index contributed by atoms with van der Waals surface area (Å²) in [6.45, 7) is 7.12. The topological polar surface area (TPSA) is 50.2 Å². The number of halogens is 1. The SMILES string of the molecule is CCNCCCCN1CCC[C@@H]1Cn1nc(Cc2ccc(Cl)cc2)c2ccccc2c1=O. The molecular formula is C26H33ClN4O. The molecule has 1 aliphatic rings. The minimum absolute atomic E-state index is 0.0134.